The average molecular weight is 479 g/mol. The zero-order chi connectivity index (χ0) is 23.8. The van der Waals surface area contributed by atoms with Crippen LogP contribution in [0.2, 0.25) is 0 Å². The molecule has 0 atom stereocenters. The highest BCUT2D eigenvalue weighted by Crippen LogP contribution is 2.47. The van der Waals surface area contributed by atoms with Crippen LogP contribution < -0.4 is 0 Å². The lowest BCUT2D eigenvalue weighted by molar-refractivity contribution is 0.0697. The summed E-state index contributed by atoms with van der Waals surface area (Å²) < 4.78 is 0.990. The molecule has 0 bridgehead atoms. The van der Waals surface area contributed by atoms with Gasteiger partial charge in [-0.3, -0.25) is 0 Å². The number of carboxylic acid groups (broad SMARTS) is 1. The summed E-state index contributed by atoms with van der Waals surface area (Å²) in [5.74, 6) is -0.0768. The lowest BCUT2D eigenvalue weighted by Gasteiger charge is -2.42. The second-order valence-electron chi connectivity index (χ2n) is 10.0. The van der Waals surface area contributed by atoms with Crippen molar-refractivity contribution in [3.05, 3.63) is 74.8 Å². The Labute approximate surface area is 204 Å². The molecule has 1 aromatic heterocycles. The van der Waals surface area contributed by atoms with Gasteiger partial charge in [-0.15, -0.1) is 10.2 Å². The number of nitrogens with zero attached hydrogens (tertiary/aromatic N) is 2. The van der Waals surface area contributed by atoms with Gasteiger partial charge in [-0.2, -0.15) is 0 Å². The first-order valence-corrected chi connectivity index (χ1v) is 13.0. The Morgan fingerprint density at radius 2 is 1.67 bits per heavy atom. The van der Waals surface area contributed by atoms with E-state index in [-0.39, 0.29) is 10.8 Å². The first-order chi connectivity index (χ1) is 15.5. The Bertz CT molecular complexity index is 1210. The van der Waals surface area contributed by atoms with Crippen molar-refractivity contribution in [1.29, 1.82) is 0 Å². The number of aromatic carboxylic acids is 1. The SMILES string of the molecule is Cc1nnc(SCc2cc3c(cc2/C=C/c2ccc(C(=O)O)cc2)C(C)(C)CCC3(C)C)s1. The van der Waals surface area contributed by atoms with Crippen LogP contribution in [0.1, 0.15) is 83.7 Å². The van der Waals surface area contributed by atoms with Crippen LogP contribution in [0.15, 0.2) is 40.7 Å². The Morgan fingerprint density at radius 1 is 1.03 bits per heavy atom. The average Bonchev–Trinajstić information content (AvgIpc) is 3.19. The molecule has 4 rings (SSSR count). The summed E-state index contributed by atoms with van der Waals surface area (Å²) in [4.78, 5) is 11.1. The van der Waals surface area contributed by atoms with Gasteiger partial charge in [-0.1, -0.05) is 87.2 Å². The van der Waals surface area contributed by atoms with Gasteiger partial charge < -0.3 is 5.11 Å². The third-order valence-electron chi connectivity index (χ3n) is 6.58. The summed E-state index contributed by atoms with van der Waals surface area (Å²) in [7, 11) is 0. The lowest BCUT2D eigenvalue weighted by Crippen LogP contribution is -2.34. The fourth-order valence-corrected chi connectivity index (χ4v) is 6.17. The van der Waals surface area contributed by atoms with Gasteiger partial charge in [0.2, 0.25) is 0 Å². The molecule has 33 heavy (non-hydrogen) atoms. The summed E-state index contributed by atoms with van der Waals surface area (Å²) in [6, 6.07) is 11.8. The molecule has 0 amide bonds. The van der Waals surface area contributed by atoms with E-state index in [4.69, 9.17) is 5.11 Å². The van der Waals surface area contributed by atoms with Crippen molar-refractivity contribution in [2.24, 2.45) is 0 Å². The number of aromatic nitrogens is 2. The first kappa shape index (κ1) is 23.7. The van der Waals surface area contributed by atoms with Crippen LogP contribution in [0, 0.1) is 6.92 Å². The number of thioether (sulfide) groups is 1. The Hall–Kier alpha value is -2.44. The molecule has 1 aliphatic rings. The highest BCUT2D eigenvalue weighted by molar-refractivity contribution is 8.00. The van der Waals surface area contributed by atoms with E-state index in [2.05, 4.69) is 62.2 Å². The number of aryl methyl sites for hydroxylation is 1. The first-order valence-electron chi connectivity index (χ1n) is 11.2. The molecule has 1 heterocycles. The van der Waals surface area contributed by atoms with E-state index in [0.29, 0.717) is 5.56 Å². The molecule has 1 aliphatic carbocycles. The summed E-state index contributed by atoms with van der Waals surface area (Å²) in [5.41, 5.74) is 6.94. The van der Waals surface area contributed by atoms with Crippen molar-refractivity contribution in [3.8, 4) is 0 Å². The minimum atomic E-state index is -0.906. The highest BCUT2D eigenvalue weighted by Gasteiger charge is 2.37. The Balaban J connectivity index is 1.73. The summed E-state index contributed by atoms with van der Waals surface area (Å²) in [6.45, 7) is 11.4. The van der Waals surface area contributed by atoms with Crippen molar-refractivity contribution < 1.29 is 9.90 Å². The van der Waals surface area contributed by atoms with Crippen molar-refractivity contribution in [1.82, 2.24) is 10.2 Å². The van der Waals surface area contributed by atoms with E-state index < -0.39 is 5.97 Å². The summed E-state index contributed by atoms with van der Waals surface area (Å²) >= 11 is 3.36. The topological polar surface area (TPSA) is 63.1 Å². The maximum absolute atomic E-state index is 11.1. The van der Waals surface area contributed by atoms with Gasteiger partial charge >= 0.3 is 5.97 Å². The quantitative estimate of drug-likeness (QED) is 0.296. The molecule has 3 aromatic rings. The van der Waals surface area contributed by atoms with E-state index in [9.17, 15) is 4.79 Å². The Kier molecular flexibility index (Phi) is 6.52. The van der Waals surface area contributed by atoms with Crippen molar-refractivity contribution in [3.63, 3.8) is 0 Å². The molecule has 0 fully saturated rings. The maximum atomic E-state index is 11.1. The van der Waals surface area contributed by atoms with Gasteiger partial charge in [0.05, 0.1) is 5.56 Å². The van der Waals surface area contributed by atoms with E-state index in [1.807, 2.05) is 19.1 Å². The van der Waals surface area contributed by atoms with Gasteiger partial charge in [0, 0.05) is 5.75 Å². The van der Waals surface area contributed by atoms with Crippen LogP contribution in [-0.2, 0) is 16.6 Å². The predicted octanol–water partition coefficient (Wildman–Crippen LogP) is 7.36. The van der Waals surface area contributed by atoms with Crippen LogP contribution in [0.5, 0.6) is 0 Å². The molecule has 1 N–H and O–H groups in total. The van der Waals surface area contributed by atoms with E-state index in [0.717, 1.165) is 20.7 Å². The molecule has 172 valence electrons. The van der Waals surface area contributed by atoms with Gasteiger partial charge in [0.15, 0.2) is 4.34 Å². The van der Waals surface area contributed by atoms with Gasteiger partial charge in [-0.05, 0) is 70.5 Å². The number of rotatable bonds is 6. The zero-order valence-electron chi connectivity index (χ0n) is 19.8. The number of hydrogen-bond donors (Lipinski definition) is 1. The molecule has 0 radical (unpaired) electrons. The lowest BCUT2D eigenvalue weighted by atomic mass is 9.62. The summed E-state index contributed by atoms with van der Waals surface area (Å²) in [6.07, 6.45) is 6.58. The number of fused-ring (bicyclic) bond motifs is 1. The third-order valence-corrected chi connectivity index (χ3v) is 8.61. The van der Waals surface area contributed by atoms with E-state index >= 15 is 0 Å². The number of hydrogen-bond acceptors (Lipinski definition) is 5. The molecule has 0 unspecified atom stereocenters. The smallest absolute Gasteiger partial charge is 0.335 e. The fourth-order valence-electron chi connectivity index (χ4n) is 4.35. The van der Waals surface area contributed by atoms with Crippen molar-refractivity contribution >= 4 is 41.2 Å². The zero-order valence-corrected chi connectivity index (χ0v) is 21.4. The monoisotopic (exact) mass is 478 g/mol. The largest absolute Gasteiger partial charge is 0.478 e. The minimum Gasteiger partial charge on any atom is -0.478 e. The van der Waals surface area contributed by atoms with E-state index in [1.165, 1.54) is 35.1 Å². The normalized spacial score (nSPS) is 16.6. The second kappa shape index (κ2) is 9.07. The molecule has 0 spiro atoms. The molecule has 0 aliphatic heterocycles. The van der Waals surface area contributed by atoms with Gasteiger partial charge in [0.25, 0.3) is 0 Å². The van der Waals surface area contributed by atoms with Crippen LogP contribution >= 0.6 is 23.1 Å². The fraction of sp³-hybridized carbons (Fsp3) is 0.370. The van der Waals surface area contributed by atoms with Crippen molar-refractivity contribution in [2.75, 3.05) is 0 Å². The maximum Gasteiger partial charge on any atom is 0.335 e. The number of benzene rings is 2. The number of carboxylic acids is 1. The second-order valence-corrected chi connectivity index (χ2v) is 12.4. The van der Waals surface area contributed by atoms with Crippen LogP contribution in [0.4, 0.5) is 0 Å². The van der Waals surface area contributed by atoms with Crippen molar-refractivity contribution in [2.45, 2.75) is 68.4 Å². The molecular formula is C27H30N2O2S2. The van der Waals surface area contributed by atoms with Crippen LogP contribution in [0.25, 0.3) is 12.2 Å². The summed E-state index contributed by atoms with van der Waals surface area (Å²) in [5, 5.41) is 18.6. The molecule has 6 heteroatoms. The van der Waals surface area contributed by atoms with Gasteiger partial charge in [0.1, 0.15) is 5.01 Å². The molecule has 2 aromatic carbocycles. The molecular weight excluding hydrogens is 448 g/mol. The van der Waals surface area contributed by atoms with Crippen LogP contribution in [-0.4, -0.2) is 21.3 Å². The number of carbonyl (C=O) groups is 1. The minimum absolute atomic E-state index is 0.137. The standard InChI is InChI=1S/C27H30N2O2S2/c1-17-28-29-25(33-17)32-16-21-15-23-22(26(2,3)12-13-27(23,4)5)14-20(21)11-8-18-6-9-19(10-7-18)24(30)31/h6-11,14-15H,12-13,16H2,1-5H3,(H,30,31)/b11-8+. The molecule has 4 nitrogen and oxygen atoms in total. The Morgan fingerprint density at radius 3 is 2.24 bits per heavy atom. The highest BCUT2D eigenvalue weighted by atomic mass is 32.2. The molecule has 0 saturated heterocycles. The third kappa shape index (κ3) is 5.22. The predicted molar refractivity (Wildman–Crippen MR) is 138 cm³/mol. The van der Waals surface area contributed by atoms with E-state index in [1.54, 1.807) is 35.2 Å². The molecule has 0 saturated carbocycles. The van der Waals surface area contributed by atoms with Gasteiger partial charge in [-0.25, -0.2) is 4.79 Å². The van der Waals surface area contributed by atoms with Crippen LogP contribution in [0.3, 0.4) is 0 Å².